The molecular weight excluding hydrogens is 468 g/mol. The van der Waals surface area contributed by atoms with Crippen molar-refractivity contribution in [2.75, 3.05) is 57.5 Å². The van der Waals surface area contributed by atoms with Gasteiger partial charge in [0.05, 0.1) is 19.9 Å². The molecule has 0 bridgehead atoms. The number of carbonyl (C=O) groups excluding carboxylic acids is 3. The quantitative estimate of drug-likeness (QED) is 0.628. The highest BCUT2D eigenvalue weighted by Gasteiger charge is 2.55. The van der Waals surface area contributed by atoms with Gasteiger partial charge in [-0.05, 0) is 42.9 Å². The number of anilines is 1. The minimum absolute atomic E-state index is 0.00125. The number of para-hydroxylation sites is 1. The number of nitrogens with zero attached hydrogens (tertiary/aromatic N) is 4. The van der Waals surface area contributed by atoms with Crippen LogP contribution in [0, 0.1) is 5.92 Å². The van der Waals surface area contributed by atoms with Crippen LogP contribution >= 0.6 is 0 Å². The van der Waals surface area contributed by atoms with E-state index in [0.717, 1.165) is 12.1 Å². The van der Waals surface area contributed by atoms with E-state index in [1.807, 2.05) is 53.4 Å². The first-order chi connectivity index (χ1) is 18.1. The van der Waals surface area contributed by atoms with Crippen molar-refractivity contribution in [2.24, 2.45) is 5.92 Å². The minimum atomic E-state index is -0.730. The fourth-order valence-corrected chi connectivity index (χ4v) is 6.27. The van der Waals surface area contributed by atoms with Gasteiger partial charge in [0.15, 0.2) is 0 Å². The molecule has 8 heteroatoms. The number of hydrogen-bond acceptors (Lipinski definition) is 5. The molecule has 8 nitrogen and oxygen atoms in total. The van der Waals surface area contributed by atoms with Crippen molar-refractivity contribution < 1.29 is 19.1 Å². The average Bonchev–Trinajstić information content (AvgIpc) is 3.72. The fraction of sp³-hybridized carbons (Fsp3) is 0.483. The van der Waals surface area contributed by atoms with Crippen molar-refractivity contribution >= 4 is 23.4 Å². The molecule has 4 aliphatic rings. The smallest absolute Gasteiger partial charge is 0.250 e. The number of carbonyl (C=O) groups is 3. The molecule has 3 heterocycles. The van der Waals surface area contributed by atoms with Crippen LogP contribution in [0.3, 0.4) is 0 Å². The summed E-state index contributed by atoms with van der Waals surface area (Å²) in [6, 6.07) is 20.2. The predicted octanol–water partition coefficient (Wildman–Crippen LogP) is 2.32. The van der Waals surface area contributed by atoms with Crippen molar-refractivity contribution in [1.82, 2.24) is 14.7 Å². The zero-order chi connectivity index (χ0) is 25.4. The summed E-state index contributed by atoms with van der Waals surface area (Å²) in [5, 5.41) is 0. The third kappa shape index (κ3) is 4.48. The largest absolute Gasteiger partial charge is 0.378 e. The van der Waals surface area contributed by atoms with Crippen LogP contribution in [0.4, 0.5) is 5.69 Å². The molecule has 0 radical (unpaired) electrons. The second kappa shape index (κ2) is 9.82. The Morgan fingerprint density at radius 2 is 1.51 bits per heavy atom. The summed E-state index contributed by atoms with van der Waals surface area (Å²) in [5.74, 6) is 0.525. The highest BCUT2D eigenvalue weighted by molar-refractivity contribution is 5.96. The Labute approximate surface area is 217 Å². The predicted molar refractivity (Wildman–Crippen MR) is 139 cm³/mol. The highest BCUT2D eigenvalue weighted by atomic mass is 16.5. The van der Waals surface area contributed by atoms with Gasteiger partial charge in [-0.3, -0.25) is 14.4 Å². The van der Waals surface area contributed by atoms with Crippen molar-refractivity contribution in [3.63, 3.8) is 0 Å². The molecule has 2 unspecified atom stereocenters. The van der Waals surface area contributed by atoms with Crippen LogP contribution in [-0.2, 0) is 19.1 Å². The molecule has 3 aliphatic heterocycles. The van der Waals surface area contributed by atoms with E-state index >= 15 is 0 Å². The summed E-state index contributed by atoms with van der Waals surface area (Å²) in [6.07, 6.45) is 2.03. The molecule has 6 rings (SSSR count). The van der Waals surface area contributed by atoms with Gasteiger partial charge in [0.2, 0.25) is 11.8 Å². The van der Waals surface area contributed by atoms with E-state index in [4.69, 9.17) is 4.74 Å². The van der Waals surface area contributed by atoms with Gasteiger partial charge in [-0.25, -0.2) is 0 Å². The van der Waals surface area contributed by atoms with E-state index in [1.165, 1.54) is 5.56 Å². The summed E-state index contributed by atoms with van der Waals surface area (Å²) in [5.41, 5.74) is 1.48. The van der Waals surface area contributed by atoms with E-state index in [0.29, 0.717) is 64.8 Å². The van der Waals surface area contributed by atoms with Crippen LogP contribution in [0.5, 0.6) is 0 Å². The van der Waals surface area contributed by atoms with E-state index in [1.54, 1.807) is 9.80 Å². The third-order valence-electron chi connectivity index (χ3n) is 8.51. The first kappa shape index (κ1) is 24.0. The lowest BCUT2D eigenvalue weighted by Crippen LogP contribution is -2.57. The first-order valence-electron chi connectivity index (χ1n) is 13.4. The normalized spacial score (nSPS) is 25.0. The van der Waals surface area contributed by atoms with Gasteiger partial charge in [-0.2, -0.15) is 0 Å². The van der Waals surface area contributed by atoms with Crippen LogP contribution in [0.25, 0.3) is 0 Å². The van der Waals surface area contributed by atoms with Gasteiger partial charge < -0.3 is 24.3 Å². The zero-order valence-corrected chi connectivity index (χ0v) is 21.1. The lowest BCUT2D eigenvalue weighted by Gasteiger charge is -2.43. The Morgan fingerprint density at radius 1 is 0.865 bits per heavy atom. The molecule has 0 aromatic heterocycles. The molecule has 37 heavy (non-hydrogen) atoms. The molecule has 1 aliphatic carbocycles. The van der Waals surface area contributed by atoms with Crippen LogP contribution in [0.1, 0.15) is 30.7 Å². The molecular formula is C29H34N4O4. The number of hydrogen-bond donors (Lipinski definition) is 0. The maximum Gasteiger partial charge on any atom is 0.250 e. The molecule has 1 spiro atoms. The van der Waals surface area contributed by atoms with Crippen LogP contribution < -0.4 is 4.90 Å². The maximum absolute atomic E-state index is 13.9. The van der Waals surface area contributed by atoms with Crippen molar-refractivity contribution in [2.45, 2.75) is 30.7 Å². The molecule has 2 atom stereocenters. The zero-order valence-electron chi connectivity index (χ0n) is 21.1. The Kier molecular flexibility index (Phi) is 6.36. The molecule has 3 saturated heterocycles. The van der Waals surface area contributed by atoms with E-state index in [-0.39, 0.29) is 30.2 Å². The maximum atomic E-state index is 13.9. The van der Waals surface area contributed by atoms with Gasteiger partial charge >= 0.3 is 0 Å². The molecule has 3 amide bonds. The Bertz CT molecular complexity index is 1140. The lowest BCUT2D eigenvalue weighted by atomic mass is 9.85. The number of morpholine rings is 1. The number of ether oxygens (including phenoxy) is 1. The summed E-state index contributed by atoms with van der Waals surface area (Å²) < 4.78 is 5.37. The van der Waals surface area contributed by atoms with E-state index < -0.39 is 5.54 Å². The fourth-order valence-electron chi connectivity index (χ4n) is 6.27. The number of benzene rings is 2. The molecule has 2 aromatic carbocycles. The number of piperidine rings is 1. The number of rotatable bonds is 5. The Hall–Kier alpha value is -3.39. The van der Waals surface area contributed by atoms with Crippen molar-refractivity contribution in [3.05, 3.63) is 66.2 Å². The minimum Gasteiger partial charge on any atom is -0.378 e. The second-order valence-electron chi connectivity index (χ2n) is 10.6. The van der Waals surface area contributed by atoms with Crippen molar-refractivity contribution in [1.29, 1.82) is 0 Å². The Morgan fingerprint density at radius 3 is 2.19 bits per heavy atom. The average molecular weight is 503 g/mol. The second-order valence-corrected chi connectivity index (χ2v) is 10.6. The van der Waals surface area contributed by atoms with E-state index in [2.05, 4.69) is 17.0 Å². The van der Waals surface area contributed by atoms with Crippen LogP contribution in [-0.4, -0.2) is 90.6 Å². The standard InChI is InChI=1S/C29H34N4O4/c34-26(30-15-17-37-18-16-30)20-32-21-33(23-9-5-2-6-10-23)29(28(32)36)11-13-31(14-12-29)27(35)25-19-24(25)22-7-3-1-4-8-22/h1-10,24-25H,11-21H2. The molecule has 1 saturated carbocycles. The third-order valence-corrected chi connectivity index (χ3v) is 8.51. The van der Waals surface area contributed by atoms with Gasteiger partial charge in [0.25, 0.3) is 5.91 Å². The monoisotopic (exact) mass is 502 g/mol. The summed E-state index contributed by atoms with van der Waals surface area (Å²) in [4.78, 5) is 47.8. The SMILES string of the molecule is O=C(CN1CN(c2ccccc2)C2(CCN(C(=O)C3CC3c3ccccc3)CC2)C1=O)N1CCOCC1. The number of amides is 3. The van der Waals surface area contributed by atoms with E-state index in [9.17, 15) is 14.4 Å². The topological polar surface area (TPSA) is 73.4 Å². The lowest BCUT2D eigenvalue weighted by molar-refractivity contribution is -0.144. The van der Waals surface area contributed by atoms with Gasteiger partial charge in [0.1, 0.15) is 12.1 Å². The summed E-state index contributed by atoms with van der Waals surface area (Å²) in [7, 11) is 0. The molecule has 0 N–H and O–H groups in total. The van der Waals surface area contributed by atoms with Gasteiger partial charge in [0, 0.05) is 37.8 Å². The van der Waals surface area contributed by atoms with Gasteiger partial charge in [-0.1, -0.05) is 48.5 Å². The highest BCUT2D eigenvalue weighted by Crippen LogP contribution is 2.49. The van der Waals surface area contributed by atoms with Crippen LogP contribution in [0.2, 0.25) is 0 Å². The van der Waals surface area contributed by atoms with Gasteiger partial charge in [-0.15, -0.1) is 0 Å². The number of likely N-dealkylation sites (tertiary alicyclic amines) is 1. The summed E-state index contributed by atoms with van der Waals surface area (Å²) in [6.45, 7) is 3.77. The Balaban J connectivity index is 1.16. The molecule has 194 valence electrons. The van der Waals surface area contributed by atoms with Crippen LogP contribution in [0.15, 0.2) is 60.7 Å². The molecule has 4 fully saturated rings. The van der Waals surface area contributed by atoms with Crippen molar-refractivity contribution in [3.8, 4) is 0 Å². The first-order valence-corrected chi connectivity index (χ1v) is 13.4. The molecule has 2 aromatic rings. The summed E-state index contributed by atoms with van der Waals surface area (Å²) >= 11 is 0.